The molecule has 0 atom stereocenters. The van der Waals surface area contributed by atoms with Crippen LogP contribution >= 0.6 is 0 Å². The maximum atomic E-state index is 2.67. The molecule has 0 bridgehead atoms. The van der Waals surface area contributed by atoms with Gasteiger partial charge in [-0.3, -0.25) is 0 Å². The van der Waals surface area contributed by atoms with Crippen molar-refractivity contribution in [2.24, 2.45) is 0 Å². The molecule has 3 heterocycles. The number of fused-ring (bicyclic) bond motifs is 7. The fourth-order valence-electron chi connectivity index (χ4n) is 8.91. The number of hydrogen-bond donors (Lipinski definition) is 0. The van der Waals surface area contributed by atoms with Crippen LogP contribution < -0.4 is 10.9 Å². The smallest absolute Gasteiger partial charge is 0.329 e. The lowest BCUT2D eigenvalue weighted by molar-refractivity contribution is 1.31. The minimum absolute atomic E-state index is 0.118. The largest absolute Gasteiger partial charge is 0.375 e. The van der Waals surface area contributed by atoms with E-state index >= 15 is 0 Å². The highest BCUT2D eigenvalue weighted by molar-refractivity contribution is 6.88. The third-order valence-corrected chi connectivity index (χ3v) is 11.0. The monoisotopic (exact) mass is 631 g/mol. The Balaban J connectivity index is 1.29. The number of rotatable bonds is 4. The van der Waals surface area contributed by atoms with Crippen LogP contribution in [0.1, 0.15) is 0 Å². The van der Waals surface area contributed by atoms with Gasteiger partial charge in [0.1, 0.15) is 0 Å². The van der Waals surface area contributed by atoms with Crippen molar-refractivity contribution < 1.29 is 0 Å². The molecule has 2 aliphatic heterocycles. The van der Waals surface area contributed by atoms with E-state index < -0.39 is 0 Å². The molecular weight excluding hydrogens is 601 g/mol. The lowest BCUT2D eigenvalue weighted by Crippen LogP contribution is -2.53. The van der Waals surface area contributed by atoms with Crippen LogP contribution in [0, 0.1) is 0 Å². The zero-order valence-electron chi connectivity index (χ0n) is 27.3. The molecule has 9 aromatic rings. The van der Waals surface area contributed by atoms with Crippen LogP contribution in [0.5, 0.6) is 0 Å². The van der Waals surface area contributed by atoms with Crippen LogP contribution in [0.25, 0.3) is 88.6 Å². The molecule has 0 radical (unpaired) electrons. The first kappa shape index (κ1) is 27.6. The van der Waals surface area contributed by atoms with Gasteiger partial charge in [0.05, 0.1) is 0 Å². The summed E-state index contributed by atoms with van der Waals surface area (Å²) in [5.41, 5.74) is 20.6. The van der Waals surface area contributed by atoms with Crippen molar-refractivity contribution in [2.75, 3.05) is 0 Å². The van der Waals surface area contributed by atoms with E-state index in [-0.39, 0.29) is 6.85 Å². The second-order valence-corrected chi connectivity index (χ2v) is 13.6. The lowest BCUT2D eigenvalue weighted by atomic mass is 9.45. The highest BCUT2D eigenvalue weighted by atomic mass is 14.9. The van der Waals surface area contributed by atoms with Crippen molar-refractivity contribution in [1.82, 2.24) is 4.48 Å². The topological polar surface area (TPSA) is 4.93 Å². The zero-order valence-corrected chi connectivity index (χ0v) is 27.3. The molecule has 0 fully saturated rings. The van der Waals surface area contributed by atoms with Crippen molar-refractivity contribution in [2.45, 2.75) is 0 Å². The molecule has 2 aliphatic rings. The van der Waals surface area contributed by atoms with E-state index in [0.29, 0.717) is 0 Å². The minimum atomic E-state index is 0.118. The Morgan fingerprint density at radius 3 is 1.04 bits per heavy atom. The molecule has 0 saturated carbocycles. The van der Waals surface area contributed by atoms with Crippen LogP contribution in [0.4, 0.5) is 0 Å². The predicted molar refractivity (Wildman–Crippen MR) is 212 cm³/mol. The average molecular weight is 632 g/mol. The van der Waals surface area contributed by atoms with Crippen LogP contribution in [0.15, 0.2) is 182 Å². The summed E-state index contributed by atoms with van der Waals surface area (Å²) in [5.74, 6) is 0. The molecule has 2 heteroatoms. The third-order valence-electron chi connectivity index (χ3n) is 11.0. The van der Waals surface area contributed by atoms with Gasteiger partial charge in [-0.25, -0.2) is 0 Å². The van der Waals surface area contributed by atoms with Crippen LogP contribution in [-0.2, 0) is 0 Å². The maximum Gasteiger partial charge on any atom is 0.329 e. The number of hydrogen-bond acceptors (Lipinski definition) is 0. The summed E-state index contributed by atoms with van der Waals surface area (Å²) in [6, 6.07) is 67.3. The van der Waals surface area contributed by atoms with E-state index in [4.69, 9.17) is 0 Å². The molecule has 50 heavy (non-hydrogen) atoms. The first-order valence-corrected chi connectivity index (χ1v) is 17.5. The highest BCUT2D eigenvalue weighted by Gasteiger charge is 2.39. The molecule has 0 spiro atoms. The second-order valence-electron chi connectivity index (χ2n) is 13.6. The molecule has 1 nitrogen and oxygen atoms in total. The van der Waals surface area contributed by atoms with E-state index in [1.807, 2.05) is 0 Å². The van der Waals surface area contributed by atoms with E-state index in [9.17, 15) is 0 Å². The summed E-state index contributed by atoms with van der Waals surface area (Å²) in [4.78, 5) is 0. The zero-order chi connectivity index (χ0) is 32.8. The Kier molecular flexibility index (Phi) is 5.82. The SMILES string of the molecule is c1ccc(-c2ccccc2-c2cc3c4c(c2)c2cc(-c5ccccc5-c5ccccc5)cc5c2n4B(c2ccccc2-3)c2ccccc2-5)cc1. The van der Waals surface area contributed by atoms with Gasteiger partial charge in [-0.1, -0.05) is 158 Å². The predicted octanol–water partition coefficient (Wildman–Crippen LogP) is 11.1. The summed E-state index contributed by atoms with van der Waals surface area (Å²) >= 11 is 0. The van der Waals surface area contributed by atoms with Crippen LogP contribution in [-0.4, -0.2) is 11.3 Å². The molecule has 11 rings (SSSR count). The van der Waals surface area contributed by atoms with E-state index in [2.05, 4.69) is 186 Å². The number of nitrogens with zero attached hydrogens (tertiary/aromatic N) is 1. The Bertz CT molecular complexity index is 2620. The second kappa shape index (κ2) is 10.6. The van der Waals surface area contributed by atoms with Gasteiger partial charge in [0.15, 0.2) is 0 Å². The Hall–Kier alpha value is -6.38. The summed E-state index contributed by atoms with van der Waals surface area (Å²) in [7, 11) is 0. The quantitative estimate of drug-likeness (QED) is 0.170. The molecule has 0 aliphatic carbocycles. The van der Waals surface area contributed by atoms with Gasteiger partial charge in [-0.15, -0.1) is 0 Å². The Morgan fingerprint density at radius 2 is 0.620 bits per heavy atom. The number of benzene rings is 8. The van der Waals surface area contributed by atoms with Crippen molar-refractivity contribution in [3.05, 3.63) is 182 Å². The summed E-state index contributed by atoms with van der Waals surface area (Å²) < 4.78 is 2.67. The molecule has 0 amide bonds. The summed E-state index contributed by atoms with van der Waals surface area (Å²) in [6.07, 6.45) is 0. The normalized spacial score (nSPS) is 12.4. The number of aromatic nitrogens is 1. The highest BCUT2D eigenvalue weighted by Crippen LogP contribution is 2.49. The summed E-state index contributed by atoms with van der Waals surface area (Å²) in [6.45, 7) is 0.118. The van der Waals surface area contributed by atoms with E-state index in [1.54, 1.807) is 0 Å². The first-order chi connectivity index (χ1) is 24.8. The standard InChI is InChI=1S/C48H30BN/c1-3-15-31(16-4-1)35-19-7-9-21-37(35)33-27-41-39-23-11-13-25-45(39)49-46-26-14-12-24-40(46)42-28-34(30-44-43(29-33)47(41)50(49)48(42)44)38-22-10-8-20-36(38)32-17-5-2-6-18-32/h1-30H. The molecule has 0 unspecified atom stereocenters. The van der Waals surface area contributed by atoms with Crippen molar-refractivity contribution >= 4 is 39.6 Å². The molecule has 1 aromatic heterocycles. The van der Waals surface area contributed by atoms with Gasteiger partial charge in [0.2, 0.25) is 0 Å². The van der Waals surface area contributed by atoms with E-state index in [0.717, 1.165) is 0 Å². The third kappa shape index (κ3) is 3.85. The van der Waals surface area contributed by atoms with Crippen molar-refractivity contribution in [3.8, 4) is 66.8 Å². The maximum absolute atomic E-state index is 2.67. The molecule has 230 valence electrons. The van der Waals surface area contributed by atoms with Crippen molar-refractivity contribution in [1.29, 1.82) is 0 Å². The Morgan fingerprint density at radius 1 is 0.280 bits per heavy atom. The molecule has 0 saturated heterocycles. The van der Waals surface area contributed by atoms with Gasteiger partial charge in [0.25, 0.3) is 0 Å². The van der Waals surface area contributed by atoms with Gasteiger partial charge in [-0.05, 0) is 90.8 Å². The fourth-order valence-corrected chi connectivity index (χ4v) is 8.91. The van der Waals surface area contributed by atoms with Gasteiger partial charge in [0, 0.05) is 32.9 Å². The van der Waals surface area contributed by atoms with Crippen LogP contribution in [0.2, 0.25) is 0 Å². The minimum Gasteiger partial charge on any atom is -0.375 e. The van der Waals surface area contributed by atoms with E-state index in [1.165, 1.54) is 99.5 Å². The fraction of sp³-hybridized carbons (Fsp3) is 0. The molecule has 0 N–H and O–H groups in total. The molecule has 8 aromatic carbocycles. The van der Waals surface area contributed by atoms with Gasteiger partial charge < -0.3 is 4.48 Å². The van der Waals surface area contributed by atoms with Gasteiger partial charge in [-0.2, -0.15) is 0 Å². The molecular formula is C48H30BN. The first-order valence-electron chi connectivity index (χ1n) is 17.5. The lowest BCUT2D eigenvalue weighted by Gasteiger charge is -2.32. The average Bonchev–Trinajstić information content (AvgIpc) is 3.53. The van der Waals surface area contributed by atoms with Gasteiger partial charge >= 0.3 is 6.85 Å². The summed E-state index contributed by atoms with van der Waals surface area (Å²) in [5, 5.41) is 2.62. The van der Waals surface area contributed by atoms with Crippen LogP contribution in [0.3, 0.4) is 0 Å². The Labute approximate surface area is 291 Å². The van der Waals surface area contributed by atoms with Crippen molar-refractivity contribution in [3.63, 3.8) is 0 Å².